The van der Waals surface area contributed by atoms with Gasteiger partial charge in [-0.05, 0) is 24.5 Å². The molecule has 1 N–H and O–H groups in total. The number of para-hydroxylation sites is 1. The minimum absolute atomic E-state index is 0.576. The van der Waals surface area contributed by atoms with Crippen LogP contribution in [0.2, 0.25) is 5.02 Å². The van der Waals surface area contributed by atoms with Crippen molar-refractivity contribution in [1.82, 2.24) is 9.55 Å². The van der Waals surface area contributed by atoms with Crippen LogP contribution in [0.5, 0.6) is 0 Å². The van der Waals surface area contributed by atoms with Gasteiger partial charge in [0.15, 0.2) is 0 Å². The van der Waals surface area contributed by atoms with Crippen molar-refractivity contribution in [3.63, 3.8) is 0 Å². The highest BCUT2D eigenvalue weighted by Crippen LogP contribution is 2.28. The largest absolute Gasteiger partial charge is 0.324 e. The highest BCUT2D eigenvalue weighted by atomic mass is 35.5. The van der Waals surface area contributed by atoms with Crippen molar-refractivity contribution in [3.8, 4) is 0 Å². The van der Waals surface area contributed by atoms with Crippen molar-refractivity contribution in [3.05, 3.63) is 41.2 Å². The Morgan fingerprint density at radius 1 is 1.39 bits per heavy atom. The second-order valence-electron chi connectivity index (χ2n) is 4.85. The third kappa shape index (κ3) is 2.85. The van der Waals surface area contributed by atoms with Crippen molar-refractivity contribution in [2.75, 3.05) is 5.32 Å². The van der Waals surface area contributed by atoms with Gasteiger partial charge in [0, 0.05) is 18.9 Å². The molecule has 0 saturated heterocycles. The number of hydrogen-bond acceptors (Lipinski definition) is 2. The van der Waals surface area contributed by atoms with E-state index in [0.29, 0.717) is 10.9 Å². The minimum atomic E-state index is 0.576. The van der Waals surface area contributed by atoms with Gasteiger partial charge < -0.3 is 9.88 Å². The number of anilines is 2. The molecule has 0 radical (unpaired) electrons. The summed E-state index contributed by atoms with van der Waals surface area (Å²) in [6.45, 7) is 7.34. The Bertz CT molecular complexity index is 511. The molecule has 0 bridgehead atoms. The van der Waals surface area contributed by atoms with Gasteiger partial charge in [0.2, 0.25) is 5.95 Å². The third-order valence-corrected chi connectivity index (χ3v) is 3.05. The fraction of sp³-hybridized carbons (Fsp3) is 0.357. The first kappa shape index (κ1) is 13.0. The molecule has 1 aromatic carbocycles. The van der Waals surface area contributed by atoms with Crippen molar-refractivity contribution >= 4 is 23.2 Å². The first-order valence-corrected chi connectivity index (χ1v) is 6.49. The molecule has 2 aromatic rings. The van der Waals surface area contributed by atoms with Crippen LogP contribution in [0.4, 0.5) is 11.6 Å². The van der Waals surface area contributed by atoms with E-state index in [0.717, 1.165) is 23.7 Å². The van der Waals surface area contributed by atoms with E-state index >= 15 is 0 Å². The molecule has 0 aliphatic carbocycles. The Labute approximate surface area is 113 Å². The normalized spacial score (nSPS) is 10.9. The number of imidazole rings is 1. The molecule has 0 amide bonds. The van der Waals surface area contributed by atoms with Crippen LogP contribution in [0.1, 0.15) is 19.4 Å². The summed E-state index contributed by atoms with van der Waals surface area (Å²) in [5, 5.41) is 4.03. The van der Waals surface area contributed by atoms with Crippen LogP contribution in [-0.4, -0.2) is 9.55 Å². The van der Waals surface area contributed by atoms with Crippen LogP contribution < -0.4 is 5.32 Å². The van der Waals surface area contributed by atoms with E-state index in [1.54, 1.807) is 6.20 Å². The van der Waals surface area contributed by atoms with Gasteiger partial charge in [0.05, 0.1) is 10.7 Å². The Hall–Kier alpha value is -1.48. The Balaban J connectivity index is 2.26. The van der Waals surface area contributed by atoms with Crippen LogP contribution in [0.25, 0.3) is 0 Å². The Morgan fingerprint density at radius 3 is 2.83 bits per heavy atom. The zero-order chi connectivity index (χ0) is 13.1. The number of halogens is 1. The van der Waals surface area contributed by atoms with E-state index in [9.17, 15) is 0 Å². The molecule has 0 aliphatic rings. The monoisotopic (exact) mass is 263 g/mol. The predicted octanol–water partition coefficient (Wildman–Crippen LogP) is 4.24. The van der Waals surface area contributed by atoms with Gasteiger partial charge in [-0.15, -0.1) is 0 Å². The van der Waals surface area contributed by atoms with E-state index < -0.39 is 0 Å². The second kappa shape index (κ2) is 5.44. The second-order valence-corrected chi connectivity index (χ2v) is 5.26. The molecule has 0 aliphatic heterocycles. The average molecular weight is 264 g/mol. The SMILES string of the molecule is Cc1cccc(Cl)c1Nc1nccn1CC(C)C. The van der Waals surface area contributed by atoms with Gasteiger partial charge in [-0.3, -0.25) is 0 Å². The highest BCUT2D eigenvalue weighted by Gasteiger charge is 2.08. The highest BCUT2D eigenvalue weighted by molar-refractivity contribution is 6.33. The zero-order valence-electron chi connectivity index (χ0n) is 10.9. The van der Waals surface area contributed by atoms with E-state index in [-0.39, 0.29) is 0 Å². The maximum Gasteiger partial charge on any atom is 0.207 e. The van der Waals surface area contributed by atoms with E-state index in [1.165, 1.54) is 0 Å². The quantitative estimate of drug-likeness (QED) is 0.894. The number of aromatic nitrogens is 2. The average Bonchev–Trinajstić information content (AvgIpc) is 2.70. The van der Waals surface area contributed by atoms with Crippen molar-refractivity contribution in [2.24, 2.45) is 5.92 Å². The van der Waals surface area contributed by atoms with Crippen LogP contribution in [-0.2, 0) is 6.54 Å². The molecule has 4 heteroatoms. The van der Waals surface area contributed by atoms with Crippen LogP contribution in [0.3, 0.4) is 0 Å². The molecule has 3 nitrogen and oxygen atoms in total. The molecule has 0 saturated carbocycles. The molecule has 0 unspecified atom stereocenters. The maximum atomic E-state index is 6.20. The topological polar surface area (TPSA) is 29.9 Å². The minimum Gasteiger partial charge on any atom is -0.324 e. The lowest BCUT2D eigenvalue weighted by Crippen LogP contribution is -2.08. The van der Waals surface area contributed by atoms with Crippen molar-refractivity contribution < 1.29 is 0 Å². The molecule has 1 aromatic heterocycles. The Kier molecular flexibility index (Phi) is 3.92. The van der Waals surface area contributed by atoms with E-state index in [2.05, 4.69) is 28.7 Å². The molecule has 96 valence electrons. The van der Waals surface area contributed by atoms with Gasteiger partial charge >= 0.3 is 0 Å². The first-order valence-electron chi connectivity index (χ1n) is 6.11. The van der Waals surface area contributed by atoms with Gasteiger partial charge in [-0.2, -0.15) is 0 Å². The zero-order valence-corrected chi connectivity index (χ0v) is 11.7. The van der Waals surface area contributed by atoms with Gasteiger partial charge in [-0.25, -0.2) is 4.98 Å². The van der Waals surface area contributed by atoms with Gasteiger partial charge in [-0.1, -0.05) is 37.6 Å². The number of aryl methyl sites for hydroxylation is 1. The first-order chi connectivity index (χ1) is 8.58. The molecule has 18 heavy (non-hydrogen) atoms. The van der Waals surface area contributed by atoms with Crippen LogP contribution in [0.15, 0.2) is 30.6 Å². The summed E-state index contributed by atoms with van der Waals surface area (Å²) in [6, 6.07) is 5.86. The summed E-state index contributed by atoms with van der Waals surface area (Å²) in [7, 11) is 0. The summed E-state index contributed by atoms with van der Waals surface area (Å²) >= 11 is 6.20. The van der Waals surface area contributed by atoms with Gasteiger partial charge in [0.25, 0.3) is 0 Å². The lowest BCUT2D eigenvalue weighted by Gasteiger charge is -2.14. The fourth-order valence-corrected chi connectivity index (χ4v) is 2.15. The summed E-state index contributed by atoms with van der Waals surface area (Å²) in [5.41, 5.74) is 2.04. The maximum absolute atomic E-state index is 6.20. The van der Waals surface area contributed by atoms with Crippen molar-refractivity contribution in [2.45, 2.75) is 27.3 Å². The number of nitrogens with one attached hydrogen (secondary N) is 1. The Morgan fingerprint density at radius 2 is 2.17 bits per heavy atom. The smallest absolute Gasteiger partial charge is 0.207 e. The molecule has 0 fully saturated rings. The molecular formula is C14H18ClN3. The number of benzene rings is 1. The molecule has 1 heterocycles. The van der Waals surface area contributed by atoms with Crippen molar-refractivity contribution in [1.29, 1.82) is 0 Å². The number of hydrogen-bond donors (Lipinski definition) is 1. The van der Waals surface area contributed by atoms with E-state index in [1.807, 2.05) is 31.3 Å². The fourth-order valence-electron chi connectivity index (χ4n) is 1.88. The lowest BCUT2D eigenvalue weighted by atomic mass is 10.2. The van der Waals surface area contributed by atoms with E-state index in [4.69, 9.17) is 11.6 Å². The predicted molar refractivity (Wildman–Crippen MR) is 76.5 cm³/mol. The summed E-state index contributed by atoms with van der Waals surface area (Å²) in [5.74, 6) is 1.41. The third-order valence-electron chi connectivity index (χ3n) is 2.74. The van der Waals surface area contributed by atoms with Gasteiger partial charge in [0.1, 0.15) is 0 Å². The summed E-state index contributed by atoms with van der Waals surface area (Å²) in [4.78, 5) is 4.34. The number of rotatable bonds is 4. The molecule has 0 atom stereocenters. The van der Waals surface area contributed by atoms with Crippen LogP contribution in [0, 0.1) is 12.8 Å². The lowest BCUT2D eigenvalue weighted by molar-refractivity contribution is 0.527. The standard InChI is InChI=1S/C14H18ClN3/c1-10(2)9-18-8-7-16-14(18)17-13-11(3)5-4-6-12(13)15/h4-8,10H,9H2,1-3H3,(H,16,17). The summed E-state index contributed by atoms with van der Waals surface area (Å²) in [6.07, 6.45) is 3.78. The number of nitrogens with zero attached hydrogens (tertiary/aromatic N) is 2. The van der Waals surface area contributed by atoms with Crippen LogP contribution >= 0.6 is 11.6 Å². The molecule has 2 rings (SSSR count). The molecule has 0 spiro atoms. The molecular weight excluding hydrogens is 246 g/mol. The summed E-state index contributed by atoms with van der Waals surface area (Å²) < 4.78 is 2.10.